The van der Waals surface area contributed by atoms with E-state index in [4.69, 9.17) is 0 Å². The third kappa shape index (κ3) is 3.60. The van der Waals surface area contributed by atoms with E-state index in [1.54, 1.807) is 22.6 Å². The molecular formula is C9H13F3IN3. The molecular weight excluding hydrogens is 334 g/mol. The van der Waals surface area contributed by atoms with Crippen LogP contribution >= 0.6 is 22.6 Å². The molecule has 16 heavy (non-hydrogen) atoms. The molecule has 0 unspecified atom stereocenters. The van der Waals surface area contributed by atoms with Gasteiger partial charge in [0.15, 0.2) is 9.39 Å². The minimum absolute atomic E-state index is 0.0828. The van der Waals surface area contributed by atoms with Crippen LogP contribution in [0.25, 0.3) is 0 Å². The summed E-state index contributed by atoms with van der Waals surface area (Å²) in [5.74, 6) is 0. The zero-order valence-corrected chi connectivity index (χ0v) is 11.0. The number of aromatic nitrogens is 3. The topological polar surface area (TPSA) is 30.7 Å². The Morgan fingerprint density at radius 3 is 2.50 bits per heavy atom. The van der Waals surface area contributed by atoms with Gasteiger partial charge in [-0.25, -0.2) is 4.68 Å². The lowest BCUT2D eigenvalue weighted by molar-refractivity contribution is -0.145. The van der Waals surface area contributed by atoms with E-state index in [0.29, 0.717) is 6.42 Å². The second-order valence-corrected chi connectivity index (χ2v) is 4.53. The van der Waals surface area contributed by atoms with Crippen molar-refractivity contribution < 1.29 is 13.2 Å². The van der Waals surface area contributed by atoms with Gasteiger partial charge in [0.1, 0.15) is 0 Å². The average Bonchev–Trinajstić information content (AvgIpc) is 2.54. The molecule has 0 spiro atoms. The number of hydrogen-bond donors (Lipinski definition) is 0. The van der Waals surface area contributed by atoms with Gasteiger partial charge < -0.3 is 0 Å². The fraction of sp³-hybridized carbons (Fsp3) is 0.778. The maximum absolute atomic E-state index is 12.6. The van der Waals surface area contributed by atoms with Gasteiger partial charge >= 0.3 is 6.18 Å². The summed E-state index contributed by atoms with van der Waals surface area (Å²) in [5.41, 5.74) is -0.732. The Kier molecular flexibility index (Phi) is 5.00. The van der Waals surface area contributed by atoms with Gasteiger partial charge in [-0.1, -0.05) is 31.4 Å². The number of aryl methyl sites for hydroxylation is 1. The molecule has 0 aliphatic rings. The lowest BCUT2D eigenvalue weighted by Gasteiger charge is -2.09. The fourth-order valence-corrected chi connectivity index (χ4v) is 2.08. The van der Waals surface area contributed by atoms with Crippen LogP contribution in [0.2, 0.25) is 0 Å². The van der Waals surface area contributed by atoms with Crippen molar-refractivity contribution in [1.82, 2.24) is 15.0 Å². The van der Waals surface area contributed by atoms with Gasteiger partial charge in [0.05, 0.1) is 0 Å². The maximum atomic E-state index is 12.6. The molecule has 0 saturated heterocycles. The predicted molar refractivity (Wildman–Crippen MR) is 61.9 cm³/mol. The molecule has 0 radical (unpaired) electrons. The quantitative estimate of drug-likeness (QED) is 0.603. The third-order valence-corrected chi connectivity index (χ3v) is 2.91. The van der Waals surface area contributed by atoms with Gasteiger partial charge in [0.2, 0.25) is 0 Å². The first-order valence-electron chi connectivity index (χ1n) is 5.13. The van der Waals surface area contributed by atoms with Crippen molar-refractivity contribution in [3.63, 3.8) is 0 Å². The summed E-state index contributed by atoms with van der Waals surface area (Å²) in [4.78, 5) is 0. The van der Waals surface area contributed by atoms with Crippen molar-refractivity contribution in [2.24, 2.45) is 0 Å². The molecule has 0 aromatic carbocycles. The summed E-state index contributed by atoms with van der Waals surface area (Å²) in [7, 11) is 0. The van der Waals surface area contributed by atoms with Crippen LogP contribution in [-0.2, 0) is 12.7 Å². The highest BCUT2D eigenvalue weighted by Gasteiger charge is 2.38. The van der Waals surface area contributed by atoms with Gasteiger partial charge in [0.25, 0.3) is 0 Å². The number of unbranched alkanes of at least 4 members (excludes halogenated alkanes) is 3. The molecule has 0 N–H and O–H groups in total. The first-order chi connectivity index (χ1) is 7.46. The molecule has 92 valence electrons. The Morgan fingerprint density at radius 2 is 1.94 bits per heavy atom. The Hall–Kier alpha value is -0.340. The van der Waals surface area contributed by atoms with Crippen LogP contribution in [-0.4, -0.2) is 15.0 Å². The van der Waals surface area contributed by atoms with E-state index in [0.717, 1.165) is 23.9 Å². The molecule has 0 atom stereocenters. The van der Waals surface area contributed by atoms with Crippen molar-refractivity contribution in [1.29, 1.82) is 0 Å². The van der Waals surface area contributed by atoms with Gasteiger partial charge in [-0.2, -0.15) is 13.2 Å². The highest BCUT2D eigenvalue weighted by atomic mass is 127. The van der Waals surface area contributed by atoms with Gasteiger partial charge in [-0.15, -0.1) is 5.10 Å². The molecule has 1 aromatic rings. The van der Waals surface area contributed by atoms with Crippen molar-refractivity contribution in [3.8, 4) is 0 Å². The first-order valence-corrected chi connectivity index (χ1v) is 6.21. The summed E-state index contributed by atoms with van der Waals surface area (Å²) in [5, 5.41) is 6.98. The molecule has 0 aliphatic carbocycles. The minimum atomic E-state index is -4.37. The van der Waals surface area contributed by atoms with E-state index in [-0.39, 0.29) is 10.2 Å². The van der Waals surface area contributed by atoms with E-state index in [2.05, 4.69) is 17.2 Å². The van der Waals surface area contributed by atoms with Crippen LogP contribution < -0.4 is 0 Å². The standard InChI is InChI=1S/C9H13F3IN3/c1-2-3-4-5-6-16-7(9(10,11)12)8(13)14-15-16/h2-6H2,1H3. The minimum Gasteiger partial charge on any atom is -0.239 e. The van der Waals surface area contributed by atoms with Crippen LogP contribution in [0.1, 0.15) is 38.3 Å². The largest absolute Gasteiger partial charge is 0.435 e. The molecule has 3 nitrogen and oxygen atoms in total. The summed E-state index contributed by atoms with van der Waals surface area (Å²) in [6, 6.07) is 0. The summed E-state index contributed by atoms with van der Waals surface area (Å²) >= 11 is 1.56. The van der Waals surface area contributed by atoms with Gasteiger partial charge in [-0.05, 0) is 29.0 Å². The molecule has 0 amide bonds. The van der Waals surface area contributed by atoms with Crippen LogP contribution in [0.3, 0.4) is 0 Å². The molecule has 1 heterocycles. The Morgan fingerprint density at radius 1 is 1.25 bits per heavy atom. The van der Waals surface area contributed by atoms with Crippen molar-refractivity contribution >= 4 is 22.6 Å². The van der Waals surface area contributed by atoms with E-state index < -0.39 is 11.9 Å². The second-order valence-electron chi connectivity index (χ2n) is 3.51. The average molecular weight is 347 g/mol. The monoisotopic (exact) mass is 347 g/mol. The van der Waals surface area contributed by atoms with Crippen molar-refractivity contribution in [3.05, 3.63) is 9.39 Å². The smallest absolute Gasteiger partial charge is 0.239 e. The second kappa shape index (κ2) is 5.83. The first kappa shape index (κ1) is 13.7. The normalized spacial score (nSPS) is 12.1. The van der Waals surface area contributed by atoms with Gasteiger partial charge in [-0.3, -0.25) is 0 Å². The fourth-order valence-electron chi connectivity index (χ4n) is 1.40. The Bertz CT molecular complexity index is 335. The maximum Gasteiger partial charge on any atom is 0.435 e. The Balaban J connectivity index is 2.66. The molecule has 0 aliphatic heterocycles. The lowest BCUT2D eigenvalue weighted by Crippen LogP contribution is -2.16. The van der Waals surface area contributed by atoms with E-state index in [9.17, 15) is 13.2 Å². The number of alkyl halides is 3. The van der Waals surface area contributed by atoms with Crippen LogP contribution in [0, 0.1) is 3.70 Å². The van der Waals surface area contributed by atoms with E-state index in [1.807, 2.05) is 0 Å². The number of nitrogens with zero attached hydrogens (tertiary/aromatic N) is 3. The lowest BCUT2D eigenvalue weighted by atomic mass is 10.2. The highest BCUT2D eigenvalue weighted by Crippen LogP contribution is 2.31. The number of halogens is 4. The van der Waals surface area contributed by atoms with Crippen LogP contribution in [0.15, 0.2) is 0 Å². The summed E-state index contributed by atoms with van der Waals surface area (Å²) in [6.07, 6.45) is -0.653. The van der Waals surface area contributed by atoms with Crippen molar-refractivity contribution in [2.75, 3.05) is 0 Å². The summed E-state index contributed by atoms with van der Waals surface area (Å²) in [6.45, 7) is 2.34. The molecule has 7 heteroatoms. The molecule has 0 saturated carbocycles. The molecule has 0 fully saturated rings. The SMILES string of the molecule is CCCCCCn1nnc(I)c1C(F)(F)F. The third-order valence-electron chi connectivity index (χ3n) is 2.19. The number of rotatable bonds is 5. The molecule has 0 bridgehead atoms. The van der Waals surface area contributed by atoms with Crippen LogP contribution in [0.5, 0.6) is 0 Å². The van der Waals surface area contributed by atoms with Gasteiger partial charge in [0, 0.05) is 6.54 Å². The zero-order chi connectivity index (χ0) is 12.2. The Labute approximate surface area is 106 Å². The predicted octanol–water partition coefficient (Wildman–Crippen LogP) is 3.48. The summed E-state index contributed by atoms with van der Waals surface area (Å²) < 4.78 is 38.7. The van der Waals surface area contributed by atoms with Crippen LogP contribution in [0.4, 0.5) is 13.2 Å². The van der Waals surface area contributed by atoms with E-state index in [1.165, 1.54) is 0 Å². The molecule has 1 rings (SSSR count). The number of hydrogen-bond acceptors (Lipinski definition) is 2. The van der Waals surface area contributed by atoms with E-state index >= 15 is 0 Å². The zero-order valence-electron chi connectivity index (χ0n) is 8.89. The molecule has 1 aromatic heterocycles. The van der Waals surface area contributed by atoms with Crippen molar-refractivity contribution in [2.45, 2.75) is 45.3 Å². The highest BCUT2D eigenvalue weighted by molar-refractivity contribution is 14.1.